The Hall–Kier alpha value is -1.42. The van der Waals surface area contributed by atoms with E-state index in [1.165, 1.54) is 12.1 Å². The Kier molecular flexibility index (Phi) is 4.91. The summed E-state index contributed by atoms with van der Waals surface area (Å²) < 4.78 is 18.4. The van der Waals surface area contributed by atoms with Crippen LogP contribution in [-0.4, -0.2) is 19.4 Å². The maximum absolute atomic E-state index is 13.2. The lowest BCUT2D eigenvalue weighted by atomic mass is 9.88. The number of carbonyl (C=O) groups excluding carboxylic acids is 1. The first-order valence-electron chi connectivity index (χ1n) is 6.74. The summed E-state index contributed by atoms with van der Waals surface area (Å²) in [6, 6.07) is 4.54. The van der Waals surface area contributed by atoms with E-state index in [1.807, 2.05) is 0 Å². The van der Waals surface area contributed by atoms with Crippen molar-refractivity contribution < 1.29 is 13.9 Å². The smallest absolute Gasteiger partial charge is 0.132 e. The molecular weight excluding hydrogens is 245 g/mol. The second-order valence-corrected chi connectivity index (χ2v) is 5.07. The van der Waals surface area contributed by atoms with E-state index in [0.29, 0.717) is 36.8 Å². The summed E-state index contributed by atoms with van der Waals surface area (Å²) >= 11 is 0. The largest absolute Gasteiger partial charge is 0.496 e. The van der Waals surface area contributed by atoms with Gasteiger partial charge in [-0.05, 0) is 43.5 Å². The molecule has 1 saturated carbocycles. The Balaban J connectivity index is 1.82. The number of nitrogens with one attached hydrogen (secondary N) is 1. The fraction of sp³-hybridized carbons (Fsp3) is 0.533. The van der Waals surface area contributed by atoms with Gasteiger partial charge in [-0.25, -0.2) is 4.39 Å². The summed E-state index contributed by atoms with van der Waals surface area (Å²) in [5, 5.41) is 3.33. The van der Waals surface area contributed by atoms with E-state index in [1.54, 1.807) is 13.2 Å². The van der Waals surface area contributed by atoms with E-state index < -0.39 is 0 Å². The van der Waals surface area contributed by atoms with Crippen LogP contribution in [0.25, 0.3) is 0 Å². The van der Waals surface area contributed by atoms with Crippen molar-refractivity contribution in [1.82, 2.24) is 5.32 Å². The number of methoxy groups -OCH3 is 1. The molecule has 1 aromatic carbocycles. The van der Waals surface area contributed by atoms with Crippen LogP contribution in [0.3, 0.4) is 0 Å². The second kappa shape index (κ2) is 6.66. The van der Waals surface area contributed by atoms with Gasteiger partial charge < -0.3 is 10.1 Å². The molecule has 4 heteroatoms. The average molecular weight is 265 g/mol. The highest BCUT2D eigenvalue weighted by Crippen LogP contribution is 2.22. The summed E-state index contributed by atoms with van der Waals surface area (Å²) in [6.45, 7) is 1.46. The molecule has 1 aliphatic rings. The van der Waals surface area contributed by atoms with Crippen LogP contribution in [0.15, 0.2) is 18.2 Å². The predicted molar refractivity (Wildman–Crippen MR) is 71.6 cm³/mol. The highest BCUT2D eigenvalue weighted by molar-refractivity contribution is 5.79. The fourth-order valence-electron chi connectivity index (χ4n) is 2.50. The summed E-state index contributed by atoms with van der Waals surface area (Å²) in [5.74, 6) is 1.38. The van der Waals surface area contributed by atoms with Crippen LogP contribution >= 0.6 is 0 Å². The van der Waals surface area contributed by atoms with Crippen LogP contribution in [0.2, 0.25) is 0 Å². The summed E-state index contributed by atoms with van der Waals surface area (Å²) in [4.78, 5) is 11.1. The number of benzene rings is 1. The molecule has 0 amide bonds. The molecule has 0 aliphatic heterocycles. The van der Waals surface area contributed by atoms with Crippen molar-refractivity contribution in [2.24, 2.45) is 5.92 Å². The van der Waals surface area contributed by atoms with Gasteiger partial charge in [0, 0.05) is 24.9 Å². The third-order valence-corrected chi connectivity index (χ3v) is 3.65. The minimum absolute atomic E-state index is 0.249. The minimum atomic E-state index is -0.249. The molecule has 0 saturated heterocycles. The molecule has 0 unspecified atom stereocenters. The highest BCUT2D eigenvalue weighted by Gasteiger charge is 2.18. The normalized spacial score (nSPS) is 16.6. The van der Waals surface area contributed by atoms with E-state index in [0.717, 1.165) is 24.9 Å². The van der Waals surface area contributed by atoms with Gasteiger partial charge in [0.05, 0.1) is 7.11 Å². The highest BCUT2D eigenvalue weighted by atomic mass is 19.1. The maximum Gasteiger partial charge on any atom is 0.132 e. The molecule has 0 radical (unpaired) electrons. The fourth-order valence-corrected chi connectivity index (χ4v) is 2.50. The quantitative estimate of drug-likeness (QED) is 0.889. The minimum Gasteiger partial charge on any atom is -0.496 e. The first-order valence-corrected chi connectivity index (χ1v) is 6.74. The second-order valence-electron chi connectivity index (χ2n) is 5.07. The van der Waals surface area contributed by atoms with Gasteiger partial charge in [0.2, 0.25) is 0 Å². The zero-order valence-corrected chi connectivity index (χ0v) is 11.2. The van der Waals surface area contributed by atoms with Gasteiger partial charge in [-0.15, -0.1) is 0 Å². The lowest BCUT2D eigenvalue weighted by Crippen LogP contribution is -2.26. The maximum atomic E-state index is 13.2. The molecule has 19 heavy (non-hydrogen) atoms. The Morgan fingerprint density at radius 2 is 2.11 bits per heavy atom. The van der Waals surface area contributed by atoms with Crippen LogP contribution in [0, 0.1) is 11.7 Å². The lowest BCUT2D eigenvalue weighted by Gasteiger charge is -2.21. The molecule has 1 fully saturated rings. The lowest BCUT2D eigenvalue weighted by molar-refractivity contribution is -0.120. The number of ether oxygens (including phenoxy) is 1. The molecule has 0 aromatic heterocycles. The molecule has 104 valence electrons. The molecule has 0 atom stereocenters. The van der Waals surface area contributed by atoms with Crippen molar-refractivity contribution in [3.8, 4) is 5.75 Å². The Bertz CT molecular complexity index is 438. The van der Waals surface area contributed by atoms with Crippen molar-refractivity contribution in [1.29, 1.82) is 0 Å². The topological polar surface area (TPSA) is 38.3 Å². The van der Waals surface area contributed by atoms with E-state index in [-0.39, 0.29) is 5.82 Å². The number of carbonyl (C=O) groups is 1. The number of rotatable bonds is 5. The monoisotopic (exact) mass is 265 g/mol. The van der Waals surface area contributed by atoms with Crippen molar-refractivity contribution in [2.45, 2.75) is 32.2 Å². The first-order chi connectivity index (χ1) is 9.19. The number of hydrogen-bond donors (Lipinski definition) is 1. The van der Waals surface area contributed by atoms with Gasteiger partial charge >= 0.3 is 0 Å². The molecule has 1 N–H and O–H groups in total. The van der Waals surface area contributed by atoms with Crippen LogP contribution in [0.4, 0.5) is 4.39 Å². The summed E-state index contributed by atoms with van der Waals surface area (Å²) in [5.41, 5.74) is 0.828. The van der Waals surface area contributed by atoms with Gasteiger partial charge in [0.1, 0.15) is 17.3 Å². The van der Waals surface area contributed by atoms with Crippen molar-refractivity contribution >= 4 is 5.78 Å². The third-order valence-electron chi connectivity index (χ3n) is 3.65. The molecule has 1 aliphatic carbocycles. The van der Waals surface area contributed by atoms with E-state index in [9.17, 15) is 9.18 Å². The molecule has 0 bridgehead atoms. The molecule has 1 aromatic rings. The molecule has 0 spiro atoms. The van der Waals surface area contributed by atoms with Gasteiger partial charge in [-0.3, -0.25) is 4.79 Å². The zero-order chi connectivity index (χ0) is 13.7. The van der Waals surface area contributed by atoms with E-state index in [2.05, 4.69) is 5.32 Å². The van der Waals surface area contributed by atoms with Gasteiger partial charge in [0.25, 0.3) is 0 Å². The number of ketones is 1. The van der Waals surface area contributed by atoms with Gasteiger partial charge in [-0.2, -0.15) is 0 Å². The van der Waals surface area contributed by atoms with Gasteiger partial charge in [-0.1, -0.05) is 0 Å². The van der Waals surface area contributed by atoms with Crippen LogP contribution in [0.5, 0.6) is 5.75 Å². The number of halogens is 1. The Labute approximate surface area is 113 Å². The van der Waals surface area contributed by atoms with E-state index >= 15 is 0 Å². The van der Waals surface area contributed by atoms with Crippen LogP contribution < -0.4 is 10.1 Å². The van der Waals surface area contributed by atoms with Gasteiger partial charge in [0.15, 0.2) is 0 Å². The molecule has 3 nitrogen and oxygen atoms in total. The van der Waals surface area contributed by atoms with E-state index in [4.69, 9.17) is 4.74 Å². The summed E-state index contributed by atoms with van der Waals surface area (Å²) in [7, 11) is 1.59. The zero-order valence-electron chi connectivity index (χ0n) is 11.2. The molecule has 2 rings (SSSR count). The van der Waals surface area contributed by atoms with Crippen molar-refractivity contribution in [2.75, 3.05) is 13.7 Å². The third kappa shape index (κ3) is 4.03. The van der Waals surface area contributed by atoms with Crippen molar-refractivity contribution in [3.05, 3.63) is 29.6 Å². The van der Waals surface area contributed by atoms with Crippen LogP contribution in [0.1, 0.15) is 31.2 Å². The average Bonchev–Trinajstić information content (AvgIpc) is 2.41. The Morgan fingerprint density at radius 3 is 2.79 bits per heavy atom. The molecular formula is C15H20FNO2. The molecule has 0 heterocycles. The standard InChI is InChI=1S/C15H20FNO2/c1-19-15-7-4-13(16)8-12(15)10-17-9-11-2-5-14(18)6-3-11/h4,7-8,11,17H,2-3,5-6,9-10H2,1H3. The first kappa shape index (κ1) is 14.0. The number of hydrogen-bond acceptors (Lipinski definition) is 3. The number of Topliss-reactive ketones (excluding diaryl/α,β-unsaturated/α-hetero) is 1. The van der Waals surface area contributed by atoms with Crippen molar-refractivity contribution in [3.63, 3.8) is 0 Å². The predicted octanol–water partition coefficient (Wildman–Crippen LogP) is 2.68. The SMILES string of the molecule is COc1ccc(F)cc1CNCC1CCC(=O)CC1. The van der Waals surface area contributed by atoms with Crippen LogP contribution in [-0.2, 0) is 11.3 Å². The Morgan fingerprint density at radius 1 is 1.37 bits per heavy atom. The summed E-state index contributed by atoms with van der Waals surface area (Å²) in [6.07, 6.45) is 3.34.